The third kappa shape index (κ3) is 5.26. The number of carbonyl (C=O) groups excluding carboxylic acids is 1. The van der Waals surface area contributed by atoms with Gasteiger partial charge in [-0.15, -0.1) is 8.42 Å². The quantitative estimate of drug-likeness (QED) is 0.668. The van der Waals surface area contributed by atoms with Gasteiger partial charge in [0.15, 0.2) is 4.90 Å². The zero-order valence-corrected chi connectivity index (χ0v) is 20.9. The van der Waals surface area contributed by atoms with E-state index >= 15 is 0 Å². The third-order valence-electron chi connectivity index (χ3n) is 7.02. The number of nitrogens with one attached hydrogen (secondary N) is 2. The lowest BCUT2D eigenvalue weighted by Crippen LogP contribution is -2.28. The van der Waals surface area contributed by atoms with E-state index in [0.717, 1.165) is 43.6 Å². The van der Waals surface area contributed by atoms with Gasteiger partial charge in [-0.2, -0.15) is 0 Å². The first kappa shape index (κ1) is 23.6. The fourth-order valence-corrected chi connectivity index (χ4v) is 5.88. The molecule has 1 saturated heterocycles. The van der Waals surface area contributed by atoms with Crippen molar-refractivity contribution in [3.05, 3.63) is 69.6 Å². The number of rotatable bonds is 4. The van der Waals surface area contributed by atoms with Crippen molar-refractivity contribution in [2.24, 2.45) is 11.8 Å². The molecule has 1 saturated carbocycles. The molecule has 1 aliphatic carbocycles. The lowest BCUT2D eigenvalue weighted by atomic mass is 9.97. The van der Waals surface area contributed by atoms with Gasteiger partial charge < -0.3 is 15.5 Å². The van der Waals surface area contributed by atoms with E-state index in [1.54, 1.807) is 24.3 Å². The van der Waals surface area contributed by atoms with E-state index in [2.05, 4.69) is 52.1 Å². The molecule has 182 valence electrons. The number of carbonyl (C=O) groups is 1. The molecule has 5 rings (SSSR count). The van der Waals surface area contributed by atoms with Gasteiger partial charge in [-0.05, 0) is 85.2 Å². The summed E-state index contributed by atoms with van der Waals surface area (Å²) in [5.74, 6) is 0.0193. The molecule has 7 nitrogen and oxygen atoms in total. The second-order valence-corrected chi connectivity index (χ2v) is 11.4. The van der Waals surface area contributed by atoms with Crippen LogP contribution in [0, 0.1) is 17.9 Å². The first-order valence-electron chi connectivity index (χ1n) is 12.2. The maximum absolute atomic E-state index is 12.9. The molecule has 8 heteroatoms. The van der Waals surface area contributed by atoms with Crippen LogP contribution in [-0.2, 0) is 21.4 Å². The smallest absolute Gasteiger partial charge is 0.376 e. The first-order chi connectivity index (χ1) is 16.8. The number of allylic oxidation sites excluding steroid dienone is 1. The molecular weight excluding hydrogens is 460 g/mol. The minimum Gasteiger partial charge on any atom is -0.376 e. The number of piperidine rings is 1. The minimum atomic E-state index is -3.77. The number of benzene rings is 2. The summed E-state index contributed by atoms with van der Waals surface area (Å²) in [5, 5.41) is 6.29. The van der Waals surface area contributed by atoms with Gasteiger partial charge in [0.05, 0.1) is 4.25 Å². The number of amides is 1. The zero-order chi connectivity index (χ0) is 24.6. The monoisotopic (exact) mass is 491 g/mol. The molecule has 3 aliphatic rings. The molecule has 0 spiro atoms. The number of fused-ring (bicyclic) bond motifs is 1. The van der Waals surface area contributed by atoms with Gasteiger partial charge in [0.2, 0.25) is 5.91 Å². The van der Waals surface area contributed by atoms with Crippen LogP contribution in [0.25, 0.3) is 9.82 Å². The molecular formula is C27H31N4O3S+. The van der Waals surface area contributed by atoms with Crippen molar-refractivity contribution in [2.75, 3.05) is 25.5 Å². The number of hydrogen-bond acceptors (Lipinski definition) is 5. The minimum absolute atomic E-state index is 0.00139. The van der Waals surface area contributed by atoms with Crippen LogP contribution in [0.5, 0.6) is 0 Å². The van der Waals surface area contributed by atoms with Gasteiger partial charge >= 0.3 is 16.1 Å². The van der Waals surface area contributed by atoms with Crippen molar-refractivity contribution < 1.29 is 13.2 Å². The Balaban J connectivity index is 1.21. The van der Waals surface area contributed by atoms with Crippen LogP contribution >= 0.6 is 0 Å². The Morgan fingerprint density at radius 3 is 2.74 bits per heavy atom. The van der Waals surface area contributed by atoms with E-state index in [9.17, 15) is 13.2 Å². The molecule has 0 bridgehead atoms. The van der Waals surface area contributed by atoms with Crippen LogP contribution in [0.2, 0.25) is 0 Å². The van der Waals surface area contributed by atoms with Gasteiger partial charge in [0.25, 0.3) is 0 Å². The Kier molecular flexibility index (Phi) is 6.39. The van der Waals surface area contributed by atoms with E-state index in [0.29, 0.717) is 6.54 Å². The molecule has 3 atom stereocenters. The Morgan fingerprint density at radius 2 is 2.00 bits per heavy atom. The predicted octanol–water partition coefficient (Wildman–Crippen LogP) is 4.26. The van der Waals surface area contributed by atoms with Crippen LogP contribution in [0.4, 0.5) is 5.69 Å². The highest BCUT2D eigenvalue weighted by Crippen LogP contribution is 2.48. The SMILES string of the molecule is CC1=CN(C)Cc2ccc(NC(=O)[C@@H]3C[C@H]3c3ccc(S(=O)(=O)[N+]#CC4CCCNC4)cc3)cc21. The molecule has 1 amide bonds. The van der Waals surface area contributed by atoms with Crippen LogP contribution in [0.3, 0.4) is 0 Å². The van der Waals surface area contributed by atoms with Gasteiger partial charge in [0, 0.05) is 37.9 Å². The summed E-state index contributed by atoms with van der Waals surface area (Å²) in [7, 11) is -1.71. The highest BCUT2D eigenvalue weighted by molar-refractivity contribution is 7.93. The van der Waals surface area contributed by atoms with E-state index in [1.165, 1.54) is 16.7 Å². The van der Waals surface area contributed by atoms with E-state index in [1.807, 2.05) is 12.1 Å². The summed E-state index contributed by atoms with van der Waals surface area (Å²) in [6.07, 6.45) is 4.77. The zero-order valence-electron chi connectivity index (χ0n) is 20.1. The Hall–Kier alpha value is -3.15. The fraction of sp³-hybridized carbons (Fsp3) is 0.407. The topological polar surface area (TPSA) is 82.9 Å². The van der Waals surface area contributed by atoms with Crippen LogP contribution < -0.4 is 10.6 Å². The van der Waals surface area contributed by atoms with E-state index in [4.69, 9.17) is 0 Å². The van der Waals surface area contributed by atoms with Gasteiger partial charge in [-0.1, -0.05) is 18.2 Å². The largest absolute Gasteiger partial charge is 0.510 e. The predicted molar refractivity (Wildman–Crippen MR) is 138 cm³/mol. The molecule has 0 aromatic heterocycles. The van der Waals surface area contributed by atoms with E-state index < -0.39 is 10.0 Å². The molecule has 2 aromatic carbocycles. The molecule has 2 N–H and O–H groups in total. The number of sulfonamides is 1. The van der Waals surface area contributed by atoms with Crippen LogP contribution in [0.15, 0.2) is 53.6 Å². The van der Waals surface area contributed by atoms with Crippen molar-refractivity contribution in [3.63, 3.8) is 0 Å². The van der Waals surface area contributed by atoms with Crippen molar-refractivity contribution >= 4 is 27.2 Å². The molecule has 2 aromatic rings. The van der Waals surface area contributed by atoms with Gasteiger partial charge in [0.1, 0.15) is 5.92 Å². The maximum Gasteiger partial charge on any atom is 0.510 e. The third-order valence-corrected chi connectivity index (χ3v) is 8.24. The molecule has 35 heavy (non-hydrogen) atoms. The van der Waals surface area contributed by atoms with Crippen molar-refractivity contribution in [3.8, 4) is 6.07 Å². The summed E-state index contributed by atoms with van der Waals surface area (Å²) < 4.78 is 28.9. The van der Waals surface area contributed by atoms with Crippen molar-refractivity contribution in [1.82, 2.24) is 10.2 Å². The van der Waals surface area contributed by atoms with Crippen molar-refractivity contribution in [1.29, 1.82) is 0 Å². The summed E-state index contributed by atoms with van der Waals surface area (Å²) in [5.41, 5.74) is 5.38. The van der Waals surface area contributed by atoms with Crippen LogP contribution in [-0.4, -0.2) is 39.4 Å². The normalized spacial score (nSPS) is 23.4. The lowest BCUT2D eigenvalue weighted by Gasteiger charge is -2.24. The summed E-state index contributed by atoms with van der Waals surface area (Å²) >= 11 is 0. The van der Waals surface area contributed by atoms with Crippen molar-refractivity contribution in [2.45, 2.75) is 43.5 Å². The Bertz CT molecular complexity index is 1330. The van der Waals surface area contributed by atoms with Gasteiger partial charge in [-0.3, -0.25) is 4.79 Å². The number of hydrogen-bond donors (Lipinski definition) is 2. The standard InChI is InChI=1S/C27H30N4O3S/c1-18-16-31(2)17-21-5-8-22(12-24(18)21)30-27(32)26-13-25(26)20-6-9-23(10-7-20)35(33,34)29-15-19-4-3-11-28-14-19/h5-10,12,16,19,25-26,28H,3-4,11,13-14,17H2,1-2H3/p+1/t19?,25-,26+/m0/s1. The van der Waals surface area contributed by atoms with Gasteiger partial charge in [-0.25, -0.2) is 0 Å². The average molecular weight is 492 g/mol. The Labute approximate surface area is 207 Å². The molecule has 2 fully saturated rings. The summed E-state index contributed by atoms with van der Waals surface area (Å²) in [4.78, 5) is 15.2. The second kappa shape index (κ2) is 9.48. The first-order valence-corrected chi connectivity index (χ1v) is 13.6. The van der Waals surface area contributed by atoms with E-state index in [-0.39, 0.29) is 28.6 Å². The number of anilines is 1. The highest BCUT2D eigenvalue weighted by atomic mass is 32.2. The second-order valence-electron chi connectivity index (χ2n) is 9.84. The maximum atomic E-state index is 12.9. The highest BCUT2D eigenvalue weighted by Gasteiger charge is 2.44. The molecule has 2 heterocycles. The molecule has 2 aliphatic heterocycles. The fourth-order valence-electron chi connectivity index (χ4n) is 5.01. The average Bonchev–Trinajstić information content (AvgIpc) is 3.65. The summed E-state index contributed by atoms with van der Waals surface area (Å²) in [6, 6.07) is 15.6. The Morgan fingerprint density at radius 1 is 1.20 bits per heavy atom. The van der Waals surface area contributed by atoms with Crippen LogP contribution in [0.1, 0.15) is 48.8 Å². The number of nitrogens with zero attached hydrogens (tertiary/aromatic N) is 2. The summed E-state index contributed by atoms with van der Waals surface area (Å²) in [6.45, 7) is 4.60. The lowest BCUT2D eigenvalue weighted by molar-refractivity contribution is -0.117. The molecule has 1 unspecified atom stereocenters. The molecule has 0 radical (unpaired) electrons.